The van der Waals surface area contributed by atoms with Crippen LogP contribution in [0.2, 0.25) is 0 Å². The molecule has 3 N–H and O–H groups in total. The van der Waals surface area contributed by atoms with E-state index in [0.717, 1.165) is 10.7 Å². The lowest BCUT2D eigenvalue weighted by molar-refractivity contribution is 0.148. The molecule has 2 heterocycles. The third-order valence-electron chi connectivity index (χ3n) is 2.63. The Morgan fingerprint density at radius 2 is 2.47 bits per heavy atom. The van der Waals surface area contributed by atoms with Crippen molar-refractivity contribution in [3.63, 3.8) is 0 Å². The molecule has 0 saturated heterocycles. The van der Waals surface area contributed by atoms with Gasteiger partial charge in [-0.1, -0.05) is 6.92 Å². The lowest BCUT2D eigenvalue weighted by atomic mass is 9.87. The minimum Gasteiger partial charge on any atom is -0.396 e. The zero-order valence-corrected chi connectivity index (χ0v) is 9.50. The molecule has 0 amide bonds. The van der Waals surface area contributed by atoms with Gasteiger partial charge < -0.3 is 10.8 Å². The van der Waals surface area contributed by atoms with Crippen molar-refractivity contribution in [2.75, 3.05) is 13.2 Å². The Kier molecular flexibility index (Phi) is 2.77. The van der Waals surface area contributed by atoms with Crippen LogP contribution >= 0.6 is 11.3 Å². The molecule has 15 heavy (non-hydrogen) atoms. The highest BCUT2D eigenvalue weighted by molar-refractivity contribution is 7.15. The van der Waals surface area contributed by atoms with Gasteiger partial charge in [0.15, 0.2) is 4.96 Å². The van der Waals surface area contributed by atoms with Crippen molar-refractivity contribution in [2.24, 2.45) is 11.1 Å². The number of nitrogens with zero attached hydrogens (tertiary/aromatic N) is 2. The molecule has 1 unspecified atom stereocenters. The summed E-state index contributed by atoms with van der Waals surface area (Å²) in [6, 6.07) is 0. The summed E-state index contributed by atoms with van der Waals surface area (Å²) in [5.41, 5.74) is 6.37. The second-order valence-corrected chi connectivity index (χ2v) is 5.05. The summed E-state index contributed by atoms with van der Waals surface area (Å²) in [4.78, 5) is 5.46. The van der Waals surface area contributed by atoms with Crippen LogP contribution in [0.5, 0.6) is 0 Å². The Labute approximate surface area is 92.4 Å². The zero-order chi connectivity index (χ0) is 10.9. The van der Waals surface area contributed by atoms with E-state index in [1.54, 1.807) is 11.3 Å². The third kappa shape index (κ3) is 2.04. The molecule has 82 valence electrons. The highest BCUT2D eigenvalue weighted by Crippen LogP contribution is 2.21. The first-order valence-electron chi connectivity index (χ1n) is 4.89. The maximum absolute atomic E-state index is 9.26. The molecule has 2 aromatic rings. The van der Waals surface area contributed by atoms with E-state index in [2.05, 4.69) is 4.98 Å². The first-order chi connectivity index (χ1) is 7.17. The van der Waals surface area contributed by atoms with Crippen molar-refractivity contribution in [1.29, 1.82) is 0 Å². The molecule has 0 fully saturated rings. The average Bonchev–Trinajstić information content (AvgIpc) is 2.77. The summed E-state index contributed by atoms with van der Waals surface area (Å²) >= 11 is 1.61. The Bertz CT molecular complexity index is 416. The molecule has 0 aliphatic carbocycles. The van der Waals surface area contributed by atoms with Crippen molar-refractivity contribution in [3.8, 4) is 0 Å². The van der Waals surface area contributed by atoms with Crippen LogP contribution in [0.3, 0.4) is 0 Å². The van der Waals surface area contributed by atoms with Crippen molar-refractivity contribution < 1.29 is 5.11 Å². The van der Waals surface area contributed by atoms with E-state index in [1.807, 2.05) is 29.1 Å². The molecule has 0 saturated carbocycles. The van der Waals surface area contributed by atoms with Gasteiger partial charge in [-0.05, 0) is 0 Å². The van der Waals surface area contributed by atoms with Gasteiger partial charge >= 0.3 is 0 Å². The average molecular weight is 225 g/mol. The Hall–Kier alpha value is -0.910. The van der Waals surface area contributed by atoms with Crippen LogP contribution in [0.4, 0.5) is 0 Å². The van der Waals surface area contributed by atoms with Gasteiger partial charge in [-0.15, -0.1) is 11.3 Å². The smallest absolute Gasteiger partial charge is 0.193 e. The molecule has 0 aliphatic heterocycles. The molecule has 0 aliphatic rings. The van der Waals surface area contributed by atoms with Crippen molar-refractivity contribution in [2.45, 2.75) is 13.3 Å². The lowest BCUT2D eigenvalue weighted by Crippen LogP contribution is -2.33. The van der Waals surface area contributed by atoms with Gasteiger partial charge in [0.25, 0.3) is 0 Å². The lowest BCUT2D eigenvalue weighted by Gasteiger charge is -2.23. The second kappa shape index (κ2) is 3.92. The Morgan fingerprint density at radius 3 is 3.07 bits per heavy atom. The first kappa shape index (κ1) is 10.6. The van der Waals surface area contributed by atoms with E-state index >= 15 is 0 Å². The quantitative estimate of drug-likeness (QED) is 0.812. The van der Waals surface area contributed by atoms with Crippen LogP contribution < -0.4 is 5.73 Å². The van der Waals surface area contributed by atoms with E-state index in [0.29, 0.717) is 13.0 Å². The monoisotopic (exact) mass is 225 g/mol. The number of imidazole rings is 1. The van der Waals surface area contributed by atoms with E-state index in [9.17, 15) is 5.11 Å². The molecule has 1 atom stereocenters. The van der Waals surface area contributed by atoms with Crippen molar-refractivity contribution >= 4 is 16.3 Å². The van der Waals surface area contributed by atoms with Gasteiger partial charge in [0.1, 0.15) is 0 Å². The minimum atomic E-state index is -0.260. The van der Waals surface area contributed by atoms with Crippen LogP contribution in [-0.4, -0.2) is 27.6 Å². The number of aliphatic hydroxyl groups excluding tert-OH is 1. The summed E-state index contributed by atoms with van der Waals surface area (Å²) in [6.07, 6.45) is 4.69. The van der Waals surface area contributed by atoms with E-state index in [4.69, 9.17) is 5.73 Å². The van der Waals surface area contributed by atoms with Crippen LogP contribution in [0, 0.1) is 5.41 Å². The summed E-state index contributed by atoms with van der Waals surface area (Å²) in [5, 5.41) is 11.3. The fraction of sp³-hybridized carbons (Fsp3) is 0.500. The van der Waals surface area contributed by atoms with Gasteiger partial charge in [-0.3, -0.25) is 4.40 Å². The third-order valence-corrected chi connectivity index (χ3v) is 3.40. The molecular formula is C10H15N3OS. The molecule has 4 nitrogen and oxygen atoms in total. The number of nitrogens with two attached hydrogens (primary N) is 1. The van der Waals surface area contributed by atoms with Gasteiger partial charge in [0.05, 0.1) is 12.3 Å². The summed E-state index contributed by atoms with van der Waals surface area (Å²) < 4.78 is 1.99. The number of hydrogen-bond donors (Lipinski definition) is 2. The number of rotatable bonds is 4. The van der Waals surface area contributed by atoms with Crippen LogP contribution in [-0.2, 0) is 6.42 Å². The van der Waals surface area contributed by atoms with E-state index in [1.165, 1.54) is 0 Å². The van der Waals surface area contributed by atoms with Gasteiger partial charge in [-0.2, -0.15) is 0 Å². The molecular weight excluding hydrogens is 210 g/mol. The number of thiazole rings is 1. The van der Waals surface area contributed by atoms with Gasteiger partial charge in [0, 0.05) is 36.2 Å². The number of aliphatic hydroxyl groups is 1. The maximum Gasteiger partial charge on any atom is 0.193 e. The largest absolute Gasteiger partial charge is 0.396 e. The van der Waals surface area contributed by atoms with Gasteiger partial charge in [-0.25, -0.2) is 4.98 Å². The highest BCUT2D eigenvalue weighted by atomic mass is 32.1. The molecule has 2 rings (SSSR count). The predicted molar refractivity (Wildman–Crippen MR) is 61.0 cm³/mol. The van der Waals surface area contributed by atoms with Crippen LogP contribution in [0.1, 0.15) is 12.6 Å². The summed E-state index contributed by atoms with van der Waals surface area (Å²) in [7, 11) is 0. The Morgan fingerprint density at radius 1 is 1.67 bits per heavy atom. The maximum atomic E-state index is 9.26. The Balaban J connectivity index is 2.21. The van der Waals surface area contributed by atoms with Crippen molar-refractivity contribution in [1.82, 2.24) is 9.38 Å². The molecule has 0 spiro atoms. The second-order valence-electron chi connectivity index (χ2n) is 4.17. The minimum absolute atomic E-state index is 0.0919. The molecule has 5 heteroatoms. The number of hydrogen-bond acceptors (Lipinski definition) is 4. The zero-order valence-electron chi connectivity index (χ0n) is 8.68. The van der Waals surface area contributed by atoms with Crippen LogP contribution in [0.15, 0.2) is 17.8 Å². The van der Waals surface area contributed by atoms with Crippen LogP contribution in [0.25, 0.3) is 4.96 Å². The van der Waals surface area contributed by atoms with E-state index in [-0.39, 0.29) is 12.0 Å². The fourth-order valence-electron chi connectivity index (χ4n) is 1.49. The highest BCUT2D eigenvalue weighted by Gasteiger charge is 2.23. The van der Waals surface area contributed by atoms with Crippen molar-refractivity contribution in [3.05, 3.63) is 23.5 Å². The van der Waals surface area contributed by atoms with E-state index < -0.39 is 0 Å². The first-order valence-corrected chi connectivity index (χ1v) is 5.77. The fourth-order valence-corrected chi connectivity index (χ4v) is 2.21. The molecule has 0 bridgehead atoms. The standard InChI is InChI=1S/C10H15N3OS/c1-10(6-11,7-14)4-8-5-13-2-3-15-9(13)12-8/h2-3,5,14H,4,6-7,11H2,1H3. The molecule has 2 aromatic heterocycles. The summed E-state index contributed by atoms with van der Waals surface area (Å²) in [5.74, 6) is 0. The SMILES string of the molecule is CC(CN)(CO)Cc1cn2ccsc2n1. The topological polar surface area (TPSA) is 63.5 Å². The predicted octanol–water partition coefficient (Wildman–Crippen LogP) is 0.896. The number of aromatic nitrogens is 2. The van der Waals surface area contributed by atoms with Gasteiger partial charge in [0.2, 0.25) is 0 Å². The molecule has 0 aromatic carbocycles. The normalized spacial score (nSPS) is 15.7. The number of fused-ring (bicyclic) bond motifs is 1. The molecule has 0 radical (unpaired) electrons. The summed E-state index contributed by atoms with van der Waals surface area (Å²) in [6.45, 7) is 2.53.